The zero-order valence-electron chi connectivity index (χ0n) is 17.8. The van der Waals surface area contributed by atoms with E-state index >= 15 is 0 Å². The van der Waals surface area contributed by atoms with E-state index in [0.29, 0.717) is 12.0 Å². The molecule has 1 fully saturated rings. The van der Waals surface area contributed by atoms with Gasteiger partial charge in [0.05, 0.1) is 41.4 Å². The number of hydrogen-bond donors (Lipinski definition) is 2. The molecule has 1 aliphatic carbocycles. The summed E-state index contributed by atoms with van der Waals surface area (Å²) in [7, 11) is 0. The lowest BCUT2D eigenvalue weighted by Gasteiger charge is -2.27. The Morgan fingerprint density at radius 3 is 2.55 bits per heavy atom. The maximum absolute atomic E-state index is 4.87. The molecule has 0 unspecified atom stereocenters. The number of fused-ring (bicyclic) bond motifs is 1. The quantitative estimate of drug-likeness (QED) is 0.492. The second-order valence-electron chi connectivity index (χ2n) is 8.37. The van der Waals surface area contributed by atoms with Crippen LogP contribution in [0.3, 0.4) is 0 Å². The van der Waals surface area contributed by atoms with Crippen LogP contribution < -0.4 is 10.6 Å². The first-order valence-corrected chi connectivity index (χ1v) is 10.8. The number of nitrogens with one attached hydrogen (secondary N) is 2. The topological polar surface area (TPSA) is 92.9 Å². The number of nitrogens with zero attached hydrogens (tertiary/aromatic N) is 6. The van der Waals surface area contributed by atoms with Crippen molar-refractivity contribution in [3.8, 4) is 11.4 Å². The van der Waals surface area contributed by atoms with Crippen molar-refractivity contribution in [2.24, 2.45) is 5.92 Å². The minimum atomic E-state index is 0.442. The number of pyridine rings is 1. The van der Waals surface area contributed by atoms with Gasteiger partial charge in [0.1, 0.15) is 12.0 Å². The third-order valence-corrected chi connectivity index (χ3v) is 5.92. The van der Waals surface area contributed by atoms with Crippen LogP contribution in [0.15, 0.2) is 49.4 Å². The summed E-state index contributed by atoms with van der Waals surface area (Å²) in [6.07, 6.45) is 15.6. The number of aromatic nitrogens is 6. The van der Waals surface area contributed by atoms with Gasteiger partial charge in [0.15, 0.2) is 0 Å². The molecular formula is C23H26N8. The van der Waals surface area contributed by atoms with Gasteiger partial charge in [0, 0.05) is 18.4 Å². The highest BCUT2D eigenvalue weighted by Gasteiger charge is 2.19. The first kappa shape index (κ1) is 19.4. The molecule has 8 nitrogen and oxygen atoms in total. The van der Waals surface area contributed by atoms with Crippen molar-refractivity contribution in [1.29, 1.82) is 0 Å². The molecule has 0 radical (unpaired) electrons. The summed E-state index contributed by atoms with van der Waals surface area (Å²) in [4.78, 5) is 22.1. The summed E-state index contributed by atoms with van der Waals surface area (Å²) in [6, 6.07) is 4.41. The van der Waals surface area contributed by atoms with E-state index in [1.807, 2.05) is 42.0 Å². The van der Waals surface area contributed by atoms with Crippen molar-refractivity contribution in [3.63, 3.8) is 0 Å². The molecule has 158 valence electrons. The molecule has 1 aliphatic rings. The van der Waals surface area contributed by atoms with E-state index in [2.05, 4.69) is 37.5 Å². The van der Waals surface area contributed by atoms with Crippen molar-refractivity contribution >= 4 is 23.0 Å². The van der Waals surface area contributed by atoms with E-state index in [9.17, 15) is 0 Å². The fourth-order valence-electron chi connectivity index (χ4n) is 4.12. The van der Waals surface area contributed by atoms with E-state index in [-0.39, 0.29) is 0 Å². The average molecular weight is 415 g/mol. The van der Waals surface area contributed by atoms with Gasteiger partial charge in [-0.3, -0.25) is 4.40 Å². The van der Waals surface area contributed by atoms with Crippen LogP contribution in [0.5, 0.6) is 0 Å². The van der Waals surface area contributed by atoms with E-state index in [1.54, 1.807) is 12.4 Å². The summed E-state index contributed by atoms with van der Waals surface area (Å²) < 4.78 is 2.05. The van der Waals surface area contributed by atoms with E-state index in [4.69, 9.17) is 4.98 Å². The Labute approximate surface area is 181 Å². The summed E-state index contributed by atoms with van der Waals surface area (Å²) in [6.45, 7) is 4.36. The second-order valence-corrected chi connectivity index (χ2v) is 8.37. The molecule has 0 saturated heterocycles. The Morgan fingerprint density at radius 2 is 1.74 bits per heavy atom. The smallest absolute Gasteiger partial charge is 0.223 e. The lowest BCUT2D eigenvalue weighted by atomic mass is 9.87. The van der Waals surface area contributed by atoms with Crippen molar-refractivity contribution in [3.05, 3.63) is 55.0 Å². The highest BCUT2D eigenvalue weighted by Crippen LogP contribution is 2.28. The van der Waals surface area contributed by atoms with Gasteiger partial charge < -0.3 is 10.6 Å². The van der Waals surface area contributed by atoms with Crippen LogP contribution in [0.25, 0.3) is 17.0 Å². The van der Waals surface area contributed by atoms with Crippen LogP contribution in [-0.4, -0.2) is 35.4 Å². The molecule has 4 aromatic heterocycles. The van der Waals surface area contributed by atoms with Gasteiger partial charge in [-0.15, -0.1) is 0 Å². The van der Waals surface area contributed by atoms with E-state index in [1.165, 1.54) is 32.0 Å². The Bertz CT molecular complexity index is 1180. The number of anilines is 3. The summed E-state index contributed by atoms with van der Waals surface area (Å²) in [5.41, 5.74) is 5.44. The minimum Gasteiger partial charge on any atom is -0.352 e. The summed E-state index contributed by atoms with van der Waals surface area (Å²) >= 11 is 0. The van der Waals surface area contributed by atoms with Crippen LogP contribution in [0.2, 0.25) is 0 Å². The van der Waals surface area contributed by atoms with Crippen molar-refractivity contribution < 1.29 is 0 Å². The van der Waals surface area contributed by atoms with Crippen LogP contribution in [0.4, 0.5) is 17.3 Å². The number of imidazole rings is 1. The number of aryl methyl sites for hydroxylation is 1. The van der Waals surface area contributed by atoms with Gasteiger partial charge >= 0.3 is 0 Å². The first-order chi connectivity index (χ1) is 15.2. The lowest BCUT2D eigenvalue weighted by Crippen LogP contribution is -2.26. The molecule has 8 heteroatoms. The van der Waals surface area contributed by atoms with Crippen molar-refractivity contribution in [2.75, 3.05) is 10.6 Å². The van der Waals surface area contributed by atoms with Gasteiger partial charge in [0.25, 0.3) is 0 Å². The molecule has 0 atom stereocenters. The molecule has 0 amide bonds. The second kappa shape index (κ2) is 8.29. The summed E-state index contributed by atoms with van der Waals surface area (Å²) in [5, 5.41) is 6.87. The maximum atomic E-state index is 4.87. The molecule has 0 spiro atoms. The van der Waals surface area contributed by atoms with Gasteiger partial charge in [-0.05, 0) is 56.2 Å². The standard InChI is InChI=1S/C23H26N8/c1-15-3-5-17(6-4-15)29-23-27-9-16(2)22(30-23)20-12-26-21-8-7-18(13-31(20)21)28-19-10-24-14-25-11-19/h7-15,17,28H,3-6H2,1-2H3,(H,27,29,30). The number of hydrogen-bond acceptors (Lipinski definition) is 7. The predicted octanol–water partition coefficient (Wildman–Crippen LogP) is 4.62. The molecule has 31 heavy (non-hydrogen) atoms. The fourth-order valence-corrected chi connectivity index (χ4v) is 4.12. The third kappa shape index (κ3) is 4.19. The zero-order chi connectivity index (χ0) is 21.2. The molecular weight excluding hydrogens is 388 g/mol. The Kier molecular flexibility index (Phi) is 5.19. The van der Waals surface area contributed by atoms with Crippen molar-refractivity contribution in [1.82, 2.24) is 29.3 Å². The van der Waals surface area contributed by atoms with Crippen molar-refractivity contribution in [2.45, 2.75) is 45.6 Å². The Hall–Kier alpha value is -3.55. The Balaban J connectivity index is 1.45. The zero-order valence-corrected chi connectivity index (χ0v) is 17.8. The summed E-state index contributed by atoms with van der Waals surface area (Å²) in [5.74, 6) is 1.50. The van der Waals surface area contributed by atoms with E-state index < -0.39 is 0 Å². The van der Waals surface area contributed by atoms with Gasteiger partial charge in [-0.1, -0.05) is 6.92 Å². The maximum Gasteiger partial charge on any atom is 0.223 e. The van der Waals surface area contributed by atoms with Gasteiger partial charge in [-0.2, -0.15) is 0 Å². The minimum absolute atomic E-state index is 0.442. The normalized spacial score (nSPS) is 18.8. The SMILES string of the molecule is Cc1cnc(NC2CCC(C)CC2)nc1-c1cnc2ccc(Nc3cncnc3)cn12. The lowest BCUT2D eigenvalue weighted by molar-refractivity contribution is 0.360. The molecule has 0 aliphatic heterocycles. The first-order valence-electron chi connectivity index (χ1n) is 10.8. The molecule has 4 aromatic rings. The van der Waals surface area contributed by atoms with Crippen LogP contribution in [0.1, 0.15) is 38.2 Å². The Morgan fingerprint density at radius 1 is 0.935 bits per heavy atom. The third-order valence-electron chi connectivity index (χ3n) is 5.92. The molecule has 0 aromatic carbocycles. The largest absolute Gasteiger partial charge is 0.352 e. The molecule has 0 bridgehead atoms. The van der Waals surface area contributed by atoms with E-state index in [0.717, 1.165) is 39.9 Å². The van der Waals surface area contributed by atoms with Gasteiger partial charge in [0.2, 0.25) is 5.95 Å². The average Bonchev–Trinajstić information content (AvgIpc) is 3.20. The molecule has 2 N–H and O–H groups in total. The van der Waals surface area contributed by atoms with Gasteiger partial charge in [-0.25, -0.2) is 24.9 Å². The highest BCUT2D eigenvalue weighted by atomic mass is 15.1. The predicted molar refractivity (Wildman–Crippen MR) is 121 cm³/mol. The molecule has 1 saturated carbocycles. The fraction of sp³-hybridized carbons (Fsp3) is 0.348. The van der Waals surface area contributed by atoms with Crippen LogP contribution in [-0.2, 0) is 0 Å². The molecule has 4 heterocycles. The van der Waals surface area contributed by atoms with Crippen LogP contribution in [0, 0.1) is 12.8 Å². The van der Waals surface area contributed by atoms with Crippen LogP contribution >= 0.6 is 0 Å². The monoisotopic (exact) mass is 414 g/mol. The highest BCUT2D eigenvalue weighted by molar-refractivity contribution is 5.67. The molecule has 5 rings (SSSR count). The number of rotatable bonds is 5.